The van der Waals surface area contributed by atoms with Crippen molar-refractivity contribution < 1.29 is 19.5 Å². The Morgan fingerprint density at radius 3 is 2.00 bits per heavy atom. The standard InChI is InChI=1S/C21H24N2O4/c1-3-23(4-2)20(25)17-12-10-16(11-13-17)19(24)22-18(21(26)27)14-15-8-6-5-7-9-15/h5-13,18H,3-4,14H2,1-2H3,(H,22,24)(H,26,27)/t18-/m0/s1. The third-order valence-electron chi connectivity index (χ3n) is 4.33. The quantitative estimate of drug-likeness (QED) is 0.750. The lowest BCUT2D eigenvalue weighted by molar-refractivity contribution is -0.139. The van der Waals surface area contributed by atoms with Crippen molar-refractivity contribution in [2.45, 2.75) is 26.3 Å². The molecule has 0 aromatic heterocycles. The van der Waals surface area contributed by atoms with E-state index in [-0.39, 0.29) is 12.3 Å². The summed E-state index contributed by atoms with van der Waals surface area (Å²) in [4.78, 5) is 37.9. The number of carbonyl (C=O) groups excluding carboxylic acids is 2. The molecule has 2 amide bonds. The first-order valence-electron chi connectivity index (χ1n) is 8.93. The maximum Gasteiger partial charge on any atom is 0.326 e. The van der Waals surface area contributed by atoms with Crippen LogP contribution in [0.2, 0.25) is 0 Å². The van der Waals surface area contributed by atoms with Gasteiger partial charge in [-0.25, -0.2) is 4.79 Å². The van der Waals surface area contributed by atoms with Crippen LogP contribution < -0.4 is 5.32 Å². The van der Waals surface area contributed by atoms with Gasteiger partial charge in [0.2, 0.25) is 0 Å². The normalized spacial score (nSPS) is 11.5. The molecule has 1 atom stereocenters. The number of carboxylic acid groups (broad SMARTS) is 1. The summed E-state index contributed by atoms with van der Waals surface area (Å²) in [5.74, 6) is -1.68. The van der Waals surface area contributed by atoms with Crippen molar-refractivity contribution in [3.8, 4) is 0 Å². The fraction of sp³-hybridized carbons (Fsp3) is 0.286. The maximum atomic E-state index is 12.4. The second-order valence-electron chi connectivity index (χ2n) is 6.11. The number of hydrogen-bond donors (Lipinski definition) is 2. The molecule has 2 N–H and O–H groups in total. The Morgan fingerprint density at radius 2 is 1.48 bits per heavy atom. The Morgan fingerprint density at radius 1 is 0.926 bits per heavy atom. The van der Waals surface area contributed by atoms with Gasteiger partial charge in [0.25, 0.3) is 11.8 Å². The molecule has 6 nitrogen and oxygen atoms in total. The lowest BCUT2D eigenvalue weighted by atomic mass is 10.0. The average molecular weight is 368 g/mol. The molecule has 2 aromatic rings. The van der Waals surface area contributed by atoms with Gasteiger partial charge in [0, 0.05) is 30.6 Å². The van der Waals surface area contributed by atoms with Gasteiger partial charge in [-0.05, 0) is 43.7 Å². The molecule has 0 spiro atoms. The predicted molar refractivity (Wildman–Crippen MR) is 103 cm³/mol. The molecule has 0 radical (unpaired) electrons. The summed E-state index contributed by atoms with van der Waals surface area (Å²) in [6, 6.07) is 14.3. The third-order valence-corrected chi connectivity index (χ3v) is 4.33. The Kier molecular flexibility index (Phi) is 7.11. The van der Waals surface area contributed by atoms with E-state index in [0.29, 0.717) is 24.2 Å². The van der Waals surface area contributed by atoms with Crippen LogP contribution in [-0.2, 0) is 11.2 Å². The molecule has 0 saturated carbocycles. The first kappa shape index (κ1) is 20.2. The molecular formula is C21H24N2O4. The van der Waals surface area contributed by atoms with E-state index in [0.717, 1.165) is 5.56 Å². The SMILES string of the molecule is CCN(CC)C(=O)c1ccc(C(=O)N[C@@H](Cc2ccccc2)C(=O)O)cc1. The first-order valence-corrected chi connectivity index (χ1v) is 8.93. The highest BCUT2D eigenvalue weighted by Gasteiger charge is 2.21. The van der Waals surface area contributed by atoms with Gasteiger partial charge in [-0.15, -0.1) is 0 Å². The first-order chi connectivity index (χ1) is 13.0. The topological polar surface area (TPSA) is 86.7 Å². The molecular weight excluding hydrogens is 344 g/mol. The number of carbonyl (C=O) groups is 3. The molecule has 6 heteroatoms. The summed E-state index contributed by atoms with van der Waals surface area (Å²) in [5, 5.41) is 11.9. The van der Waals surface area contributed by atoms with Gasteiger partial charge in [0.05, 0.1) is 0 Å². The van der Waals surface area contributed by atoms with Gasteiger partial charge in [-0.1, -0.05) is 30.3 Å². The Balaban J connectivity index is 2.07. The van der Waals surface area contributed by atoms with Crippen LogP contribution in [0.15, 0.2) is 54.6 Å². The van der Waals surface area contributed by atoms with Gasteiger partial charge >= 0.3 is 5.97 Å². The van der Waals surface area contributed by atoms with Crippen molar-refractivity contribution in [1.82, 2.24) is 10.2 Å². The summed E-state index contributed by atoms with van der Waals surface area (Å²) in [5.41, 5.74) is 1.63. The number of hydrogen-bond acceptors (Lipinski definition) is 3. The zero-order valence-electron chi connectivity index (χ0n) is 15.5. The van der Waals surface area contributed by atoms with E-state index >= 15 is 0 Å². The second-order valence-corrected chi connectivity index (χ2v) is 6.11. The summed E-state index contributed by atoms with van der Waals surface area (Å²) in [7, 11) is 0. The number of rotatable bonds is 8. The Bertz CT molecular complexity index is 784. The van der Waals surface area contributed by atoms with Crippen LogP contribution >= 0.6 is 0 Å². The number of nitrogens with zero attached hydrogens (tertiary/aromatic N) is 1. The second kappa shape index (κ2) is 9.52. The molecule has 2 rings (SSSR count). The fourth-order valence-electron chi connectivity index (χ4n) is 2.75. The summed E-state index contributed by atoms with van der Waals surface area (Å²) >= 11 is 0. The minimum Gasteiger partial charge on any atom is -0.480 e. The zero-order valence-corrected chi connectivity index (χ0v) is 15.5. The van der Waals surface area contributed by atoms with Gasteiger partial charge in [0.1, 0.15) is 6.04 Å². The molecule has 27 heavy (non-hydrogen) atoms. The van der Waals surface area contributed by atoms with E-state index in [9.17, 15) is 19.5 Å². The Hall–Kier alpha value is -3.15. The molecule has 0 aliphatic heterocycles. The summed E-state index contributed by atoms with van der Waals surface area (Å²) < 4.78 is 0. The molecule has 0 heterocycles. The van der Waals surface area contributed by atoms with E-state index in [2.05, 4.69) is 5.32 Å². The van der Waals surface area contributed by atoms with Crippen LogP contribution in [-0.4, -0.2) is 46.9 Å². The van der Waals surface area contributed by atoms with Crippen molar-refractivity contribution in [3.63, 3.8) is 0 Å². The van der Waals surface area contributed by atoms with Crippen LogP contribution in [0.3, 0.4) is 0 Å². The summed E-state index contributed by atoms with van der Waals surface area (Å²) in [6.07, 6.45) is 0.195. The lowest BCUT2D eigenvalue weighted by Crippen LogP contribution is -2.42. The van der Waals surface area contributed by atoms with Gasteiger partial charge < -0.3 is 15.3 Å². The van der Waals surface area contributed by atoms with Crippen molar-refractivity contribution in [3.05, 3.63) is 71.3 Å². The number of nitrogens with one attached hydrogen (secondary N) is 1. The van der Waals surface area contributed by atoms with Crippen molar-refractivity contribution >= 4 is 17.8 Å². The van der Waals surface area contributed by atoms with Crippen LogP contribution in [0.25, 0.3) is 0 Å². The third kappa shape index (κ3) is 5.41. The largest absolute Gasteiger partial charge is 0.480 e. The van der Waals surface area contributed by atoms with Gasteiger partial charge in [-0.3, -0.25) is 9.59 Å². The molecule has 0 saturated heterocycles. The number of amides is 2. The smallest absolute Gasteiger partial charge is 0.326 e. The molecule has 2 aromatic carbocycles. The molecule has 0 fully saturated rings. The monoisotopic (exact) mass is 368 g/mol. The van der Waals surface area contributed by atoms with Crippen molar-refractivity contribution in [2.24, 2.45) is 0 Å². The van der Waals surface area contributed by atoms with E-state index in [1.165, 1.54) is 12.1 Å². The van der Waals surface area contributed by atoms with Gasteiger partial charge in [-0.2, -0.15) is 0 Å². The number of carboxylic acids is 1. The Labute approximate surface area is 158 Å². The van der Waals surface area contributed by atoms with E-state index in [1.807, 2.05) is 44.2 Å². The zero-order chi connectivity index (χ0) is 19.8. The maximum absolute atomic E-state index is 12.4. The van der Waals surface area contributed by atoms with Crippen LogP contribution in [0.4, 0.5) is 0 Å². The van der Waals surface area contributed by atoms with Crippen LogP contribution in [0.1, 0.15) is 40.1 Å². The number of aliphatic carboxylic acids is 1. The molecule has 0 aliphatic rings. The minimum absolute atomic E-state index is 0.0977. The van der Waals surface area contributed by atoms with Gasteiger partial charge in [0.15, 0.2) is 0 Å². The van der Waals surface area contributed by atoms with E-state index in [4.69, 9.17) is 0 Å². The highest BCUT2D eigenvalue weighted by molar-refractivity contribution is 5.99. The number of benzene rings is 2. The predicted octanol–water partition coefficient (Wildman–Crippen LogP) is 2.59. The van der Waals surface area contributed by atoms with Crippen LogP contribution in [0.5, 0.6) is 0 Å². The highest BCUT2D eigenvalue weighted by atomic mass is 16.4. The summed E-state index contributed by atoms with van der Waals surface area (Å²) in [6.45, 7) is 5.03. The van der Waals surface area contributed by atoms with Crippen LogP contribution in [0, 0.1) is 0 Å². The average Bonchev–Trinajstić information content (AvgIpc) is 2.69. The molecule has 0 unspecified atom stereocenters. The van der Waals surface area contributed by atoms with Crippen molar-refractivity contribution in [2.75, 3.05) is 13.1 Å². The van der Waals surface area contributed by atoms with Crippen molar-refractivity contribution in [1.29, 1.82) is 0 Å². The molecule has 0 bridgehead atoms. The minimum atomic E-state index is -1.10. The molecule has 0 aliphatic carbocycles. The molecule has 142 valence electrons. The van der Waals surface area contributed by atoms with E-state index < -0.39 is 17.9 Å². The lowest BCUT2D eigenvalue weighted by Gasteiger charge is -2.19. The fourth-order valence-corrected chi connectivity index (χ4v) is 2.75. The highest BCUT2D eigenvalue weighted by Crippen LogP contribution is 2.09. The van der Waals surface area contributed by atoms with E-state index in [1.54, 1.807) is 17.0 Å².